The van der Waals surface area contributed by atoms with Crippen molar-refractivity contribution in [3.05, 3.63) is 39.5 Å². The Morgan fingerprint density at radius 1 is 1.23 bits per heavy atom. The molecule has 0 radical (unpaired) electrons. The fraction of sp³-hybridized carbons (Fsp3) is 0.667. The van der Waals surface area contributed by atoms with Gasteiger partial charge in [0, 0.05) is 32.2 Å². The van der Waals surface area contributed by atoms with Crippen LogP contribution in [0.3, 0.4) is 0 Å². The molecular weight excluding hydrogens is 627 g/mol. The zero-order valence-electron chi connectivity index (χ0n) is 24.1. The highest BCUT2D eigenvalue weighted by Gasteiger charge is 2.41. The Bertz CT molecular complexity index is 1000. The minimum atomic E-state index is -1.09. The number of methoxy groups -OCH3 is 1. The average molecular weight is 673 g/mol. The molecule has 1 aromatic carbocycles. The van der Waals surface area contributed by atoms with E-state index in [-0.39, 0.29) is 57.2 Å². The number of amides is 2. The smallest absolute Gasteiger partial charge is 0.249 e. The third-order valence-corrected chi connectivity index (χ3v) is 8.84. The van der Waals surface area contributed by atoms with Crippen molar-refractivity contribution in [1.29, 1.82) is 0 Å². The number of nitrogens with one attached hydrogen (secondary N) is 1. The molecule has 0 saturated heterocycles. The molecule has 9 nitrogen and oxygen atoms in total. The molecule has 0 heterocycles. The summed E-state index contributed by atoms with van der Waals surface area (Å²) in [6.07, 6.45) is 2.96. The van der Waals surface area contributed by atoms with Crippen molar-refractivity contribution in [1.82, 2.24) is 10.2 Å². The standard InChI is InChI=1S/C30H45IN2O7/c1-19(2)22-10-9-20(3)15-26(22)39-18-28(35)33(12-14-38-4)24-16-21(30(37)32-11-13-34)17-27(29(24)36)40-25-8-6-5-7-23(25)31/h5-8,17,19-20,22,24,26-27,29,34,36H,9-16,18H2,1-4H3,(H,32,37)/t20-,22+,24+,26-,27-,29-/m0/s1. The lowest BCUT2D eigenvalue weighted by atomic mass is 9.75. The van der Waals surface area contributed by atoms with Crippen molar-refractivity contribution in [2.24, 2.45) is 17.8 Å². The Morgan fingerprint density at radius 2 is 1.98 bits per heavy atom. The summed E-state index contributed by atoms with van der Waals surface area (Å²) in [5, 5.41) is 23.4. The van der Waals surface area contributed by atoms with E-state index in [1.807, 2.05) is 18.2 Å². The molecule has 0 bridgehead atoms. The van der Waals surface area contributed by atoms with Gasteiger partial charge in [-0.3, -0.25) is 9.59 Å². The fourth-order valence-electron chi connectivity index (χ4n) is 5.70. The molecule has 3 N–H and O–H groups in total. The molecule has 1 fully saturated rings. The zero-order valence-corrected chi connectivity index (χ0v) is 26.2. The van der Waals surface area contributed by atoms with Crippen LogP contribution >= 0.6 is 22.6 Å². The van der Waals surface area contributed by atoms with Crippen LogP contribution in [0.4, 0.5) is 0 Å². The SMILES string of the molecule is COCCN(C(=O)CO[C@H]1C[C@@H](C)CC[C@@H]1C(C)C)[C@@H]1CC(C(=O)NCCO)=C[C@H](Oc2ccccc2I)[C@H]1O. The van der Waals surface area contributed by atoms with Gasteiger partial charge >= 0.3 is 0 Å². The first-order chi connectivity index (χ1) is 19.2. The van der Waals surface area contributed by atoms with Crippen molar-refractivity contribution in [3.63, 3.8) is 0 Å². The van der Waals surface area contributed by atoms with Crippen LogP contribution in [0, 0.1) is 21.3 Å². The average Bonchev–Trinajstić information content (AvgIpc) is 2.93. The molecule has 1 aromatic rings. The molecule has 6 atom stereocenters. The molecule has 1 saturated carbocycles. The van der Waals surface area contributed by atoms with Crippen LogP contribution in [0.1, 0.15) is 46.5 Å². The topological polar surface area (TPSA) is 118 Å². The lowest BCUT2D eigenvalue weighted by Gasteiger charge is -2.41. The number of aliphatic hydroxyl groups is 2. The van der Waals surface area contributed by atoms with Gasteiger partial charge in [-0.2, -0.15) is 0 Å². The van der Waals surface area contributed by atoms with Crippen LogP contribution in [-0.4, -0.2) is 91.3 Å². The largest absolute Gasteiger partial charge is 0.482 e. The van der Waals surface area contributed by atoms with Crippen molar-refractivity contribution in [2.75, 3.05) is 40.0 Å². The van der Waals surface area contributed by atoms with Crippen LogP contribution < -0.4 is 10.1 Å². The zero-order chi connectivity index (χ0) is 29.2. The number of ether oxygens (including phenoxy) is 3. The van der Waals surface area contributed by atoms with Gasteiger partial charge in [-0.1, -0.05) is 39.3 Å². The van der Waals surface area contributed by atoms with Crippen LogP contribution in [0.2, 0.25) is 0 Å². The number of carbonyl (C=O) groups excluding carboxylic acids is 2. The van der Waals surface area contributed by atoms with E-state index in [1.54, 1.807) is 24.2 Å². The highest BCUT2D eigenvalue weighted by atomic mass is 127. The summed E-state index contributed by atoms with van der Waals surface area (Å²) < 4.78 is 18.6. The summed E-state index contributed by atoms with van der Waals surface area (Å²) in [4.78, 5) is 28.2. The van der Waals surface area contributed by atoms with Gasteiger partial charge in [0.2, 0.25) is 11.8 Å². The highest BCUT2D eigenvalue weighted by molar-refractivity contribution is 14.1. The van der Waals surface area contributed by atoms with Gasteiger partial charge in [-0.05, 0) is 71.4 Å². The van der Waals surface area contributed by atoms with Crippen molar-refractivity contribution >= 4 is 34.4 Å². The van der Waals surface area contributed by atoms with Gasteiger partial charge in [0.05, 0.1) is 28.9 Å². The summed E-state index contributed by atoms with van der Waals surface area (Å²) in [6.45, 7) is 6.92. The first-order valence-corrected chi connectivity index (χ1v) is 15.3. The van der Waals surface area contributed by atoms with Crippen molar-refractivity contribution in [3.8, 4) is 5.75 Å². The van der Waals surface area contributed by atoms with E-state index < -0.39 is 18.2 Å². The van der Waals surface area contributed by atoms with Crippen LogP contribution in [0.15, 0.2) is 35.9 Å². The van der Waals surface area contributed by atoms with E-state index in [4.69, 9.17) is 14.2 Å². The van der Waals surface area contributed by atoms with Gasteiger partial charge in [0.25, 0.3) is 0 Å². The maximum absolute atomic E-state index is 13.7. The number of rotatable bonds is 13. The number of halogens is 1. The summed E-state index contributed by atoms with van der Waals surface area (Å²) in [5.74, 6) is 1.35. The lowest BCUT2D eigenvalue weighted by Crippen LogP contribution is -2.56. The first kappa shape index (κ1) is 32.8. The Kier molecular flexibility index (Phi) is 13.2. The van der Waals surface area contributed by atoms with E-state index >= 15 is 0 Å². The predicted molar refractivity (Wildman–Crippen MR) is 161 cm³/mol. The molecule has 2 aliphatic carbocycles. The quantitative estimate of drug-likeness (QED) is 0.276. The van der Waals surface area contributed by atoms with E-state index in [9.17, 15) is 19.8 Å². The van der Waals surface area contributed by atoms with E-state index in [2.05, 4.69) is 48.7 Å². The monoisotopic (exact) mass is 672 g/mol. The molecule has 0 unspecified atom stereocenters. The third-order valence-electron chi connectivity index (χ3n) is 7.95. The number of hydrogen-bond acceptors (Lipinski definition) is 7. The molecule has 40 heavy (non-hydrogen) atoms. The van der Waals surface area contributed by atoms with Crippen molar-refractivity contribution < 1.29 is 34.0 Å². The molecule has 2 aliphatic rings. The predicted octanol–water partition coefficient (Wildman–Crippen LogP) is 3.16. The highest BCUT2D eigenvalue weighted by Crippen LogP contribution is 2.35. The van der Waals surface area contributed by atoms with Crippen LogP contribution in [-0.2, 0) is 19.1 Å². The molecule has 3 rings (SSSR count). The molecule has 0 spiro atoms. The summed E-state index contributed by atoms with van der Waals surface area (Å²) in [6, 6.07) is 6.69. The second-order valence-corrected chi connectivity index (χ2v) is 12.4. The molecule has 0 aromatic heterocycles. The third kappa shape index (κ3) is 8.88. The van der Waals surface area contributed by atoms with E-state index in [0.29, 0.717) is 29.1 Å². The maximum atomic E-state index is 13.7. The Balaban J connectivity index is 1.84. The summed E-state index contributed by atoms with van der Waals surface area (Å²) in [7, 11) is 1.56. The lowest BCUT2D eigenvalue weighted by molar-refractivity contribution is -0.149. The number of nitrogens with zero attached hydrogens (tertiary/aromatic N) is 1. The van der Waals surface area contributed by atoms with Crippen LogP contribution in [0.5, 0.6) is 5.75 Å². The maximum Gasteiger partial charge on any atom is 0.249 e. The van der Waals surface area contributed by atoms with Gasteiger partial charge in [-0.15, -0.1) is 0 Å². The fourth-order valence-corrected chi connectivity index (χ4v) is 6.21. The number of hydrogen-bond donors (Lipinski definition) is 3. The van der Waals surface area contributed by atoms with Gasteiger partial charge in [-0.25, -0.2) is 0 Å². The molecular formula is C30H45IN2O7. The van der Waals surface area contributed by atoms with Gasteiger partial charge in [0.1, 0.15) is 24.6 Å². The van der Waals surface area contributed by atoms with E-state index in [0.717, 1.165) is 16.4 Å². The molecule has 224 valence electrons. The van der Waals surface area contributed by atoms with Crippen molar-refractivity contribution in [2.45, 2.75) is 70.8 Å². The normalized spacial score (nSPS) is 26.8. The minimum Gasteiger partial charge on any atom is -0.482 e. The molecule has 0 aliphatic heterocycles. The second-order valence-electron chi connectivity index (χ2n) is 11.2. The number of aliphatic hydroxyl groups excluding tert-OH is 2. The van der Waals surface area contributed by atoms with Gasteiger partial charge in [0.15, 0.2) is 0 Å². The van der Waals surface area contributed by atoms with E-state index in [1.165, 1.54) is 6.42 Å². The Labute approximate surface area is 251 Å². The second kappa shape index (κ2) is 16.1. The number of para-hydroxylation sites is 1. The van der Waals surface area contributed by atoms with Crippen LogP contribution in [0.25, 0.3) is 0 Å². The minimum absolute atomic E-state index is 0.00390. The Hall–Kier alpha value is -1.73. The number of carbonyl (C=O) groups is 2. The molecule has 2 amide bonds. The van der Waals surface area contributed by atoms with Gasteiger partial charge < -0.3 is 34.6 Å². The summed E-state index contributed by atoms with van der Waals surface area (Å²) in [5.41, 5.74) is 0.386. The number of benzene rings is 1. The molecule has 10 heteroatoms. The Morgan fingerprint density at radius 3 is 2.65 bits per heavy atom. The first-order valence-electron chi connectivity index (χ1n) is 14.2. The summed E-state index contributed by atoms with van der Waals surface area (Å²) >= 11 is 2.16.